The SMILES string of the molecule is C=CCNC(=O)C1(Cc2ccccc2-c2ccccc2C)CCN(C(=O)C2CCC2)CC1. The van der Waals surface area contributed by atoms with Crippen molar-refractivity contribution in [1.29, 1.82) is 0 Å². The molecule has 0 spiro atoms. The van der Waals surface area contributed by atoms with Crippen molar-refractivity contribution < 1.29 is 9.59 Å². The van der Waals surface area contributed by atoms with E-state index in [2.05, 4.69) is 67.4 Å². The maximum absolute atomic E-state index is 13.4. The second-order valence-electron chi connectivity index (χ2n) is 9.38. The van der Waals surface area contributed by atoms with Crippen LogP contribution in [-0.2, 0) is 16.0 Å². The van der Waals surface area contributed by atoms with Gasteiger partial charge in [0.15, 0.2) is 0 Å². The number of hydrogen-bond acceptors (Lipinski definition) is 2. The first-order chi connectivity index (χ1) is 15.5. The third-order valence-corrected chi connectivity index (χ3v) is 7.36. The molecule has 1 saturated heterocycles. The van der Waals surface area contributed by atoms with Crippen molar-refractivity contribution in [3.63, 3.8) is 0 Å². The van der Waals surface area contributed by atoms with E-state index in [-0.39, 0.29) is 17.7 Å². The molecule has 2 fully saturated rings. The Kier molecular flexibility index (Phi) is 6.78. The molecular weight excluding hydrogens is 396 g/mol. The van der Waals surface area contributed by atoms with E-state index >= 15 is 0 Å². The normalized spacial score (nSPS) is 18.0. The summed E-state index contributed by atoms with van der Waals surface area (Å²) in [4.78, 5) is 28.2. The van der Waals surface area contributed by atoms with Gasteiger partial charge in [-0.05, 0) is 61.3 Å². The number of piperidine rings is 1. The lowest BCUT2D eigenvalue weighted by molar-refractivity contribution is -0.144. The predicted octanol–water partition coefficient (Wildman–Crippen LogP) is 4.92. The van der Waals surface area contributed by atoms with Crippen LogP contribution in [0.1, 0.15) is 43.2 Å². The number of nitrogens with zero attached hydrogens (tertiary/aromatic N) is 1. The van der Waals surface area contributed by atoms with Crippen LogP contribution in [0.15, 0.2) is 61.2 Å². The number of carbonyl (C=O) groups is 2. The number of likely N-dealkylation sites (tertiary alicyclic amines) is 1. The summed E-state index contributed by atoms with van der Waals surface area (Å²) in [6, 6.07) is 16.8. The smallest absolute Gasteiger partial charge is 0.226 e. The lowest BCUT2D eigenvalue weighted by Gasteiger charge is -2.43. The molecule has 0 radical (unpaired) electrons. The molecule has 4 nitrogen and oxygen atoms in total. The van der Waals surface area contributed by atoms with Crippen LogP contribution in [0.3, 0.4) is 0 Å². The van der Waals surface area contributed by atoms with Gasteiger partial charge in [0, 0.05) is 25.6 Å². The Labute approximate surface area is 191 Å². The van der Waals surface area contributed by atoms with Gasteiger partial charge in [-0.1, -0.05) is 61.0 Å². The number of aryl methyl sites for hydroxylation is 1. The van der Waals surface area contributed by atoms with E-state index < -0.39 is 5.41 Å². The molecule has 1 aliphatic carbocycles. The number of benzene rings is 2. The van der Waals surface area contributed by atoms with Crippen LogP contribution in [0, 0.1) is 18.3 Å². The molecule has 1 N–H and O–H groups in total. The van der Waals surface area contributed by atoms with Crippen molar-refractivity contribution in [2.24, 2.45) is 11.3 Å². The fourth-order valence-electron chi connectivity index (χ4n) is 5.08. The topological polar surface area (TPSA) is 49.4 Å². The third kappa shape index (κ3) is 4.50. The zero-order chi connectivity index (χ0) is 22.6. The Bertz CT molecular complexity index is 984. The summed E-state index contributed by atoms with van der Waals surface area (Å²) in [6.45, 7) is 7.65. The number of nitrogens with one attached hydrogen (secondary N) is 1. The van der Waals surface area contributed by atoms with Crippen LogP contribution in [-0.4, -0.2) is 36.3 Å². The molecule has 4 rings (SSSR count). The van der Waals surface area contributed by atoms with Crippen molar-refractivity contribution >= 4 is 11.8 Å². The van der Waals surface area contributed by atoms with E-state index in [1.165, 1.54) is 22.3 Å². The average molecular weight is 431 g/mol. The standard InChI is InChI=1S/C28H34N2O2/c1-3-17-29-27(32)28(15-18-30(19-16-28)26(31)22-11-8-12-22)20-23-10-5-7-14-25(23)24-13-6-4-9-21(24)2/h3-7,9-10,13-14,22H,1,8,11-12,15-20H2,2H3,(H,29,32). The molecule has 2 amide bonds. The minimum absolute atomic E-state index is 0.0766. The molecule has 0 atom stereocenters. The van der Waals surface area contributed by atoms with Gasteiger partial charge >= 0.3 is 0 Å². The molecule has 1 aliphatic heterocycles. The summed E-state index contributed by atoms with van der Waals surface area (Å²) < 4.78 is 0. The first-order valence-corrected chi connectivity index (χ1v) is 11.9. The summed E-state index contributed by atoms with van der Waals surface area (Å²) in [7, 11) is 0. The quantitative estimate of drug-likeness (QED) is 0.634. The van der Waals surface area contributed by atoms with Crippen molar-refractivity contribution in [1.82, 2.24) is 10.2 Å². The molecule has 32 heavy (non-hydrogen) atoms. The molecular formula is C28H34N2O2. The maximum Gasteiger partial charge on any atom is 0.226 e. The Hall–Kier alpha value is -2.88. The fourth-order valence-corrected chi connectivity index (χ4v) is 5.08. The monoisotopic (exact) mass is 430 g/mol. The highest BCUT2D eigenvalue weighted by Crippen LogP contribution is 2.40. The van der Waals surface area contributed by atoms with Gasteiger partial charge in [0.25, 0.3) is 0 Å². The summed E-state index contributed by atoms with van der Waals surface area (Å²) in [6.07, 6.45) is 6.98. The summed E-state index contributed by atoms with van der Waals surface area (Å²) >= 11 is 0. The van der Waals surface area contributed by atoms with Gasteiger partial charge < -0.3 is 10.2 Å². The van der Waals surface area contributed by atoms with Crippen LogP contribution in [0.2, 0.25) is 0 Å². The van der Waals surface area contributed by atoms with Gasteiger partial charge in [0.05, 0.1) is 5.41 Å². The molecule has 2 aromatic rings. The number of carbonyl (C=O) groups excluding carboxylic acids is 2. The van der Waals surface area contributed by atoms with Gasteiger partial charge in [-0.3, -0.25) is 9.59 Å². The van der Waals surface area contributed by atoms with E-state index in [9.17, 15) is 9.59 Å². The van der Waals surface area contributed by atoms with Crippen molar-refractivity contribution in [2.75, 3.05) is 19.6 Å². The highest BCUT2D eigenvalue weighted by atomic mass is 16.2. The van der Waals surface area contributed by atoms with Crippen LogP contribution in [0.25, 0.3) is 11.1 Å². The van der Waals surface area contributed by atoms with Gasteiger partial charge in [-0.2, -0.15) is 0 Å². The van der Waals surface area contributed by atoms with Crippen molar-refractivity contribution in [3.8, 4) is 11.1 Å². The molecule has 2 aliphatic rings. The molecule has 0 aromatic heterocycles. The van der Waals surface area contributed by atoms with Crippen molar-refractivity contribution in [2.45, 2.75) is 45.4 Å². The predicted molar refractivity (Wildman–Crippen MR) is 129 cm³/mol. The summed E-state index contributed by atoms with van der Waals surface area (Å²) in [5, 5.41) is 3.06. The minimum Gasteiger partial charge on any atom is -0.352 e. The Morgan fingerprint density at radius 3 is 2.34 bits per heavy atom. The van der Waals surface area contributed by atoms with Gasteiger partial charge in [0.2, 0.25) is 11.8 Å². The van der Waals surface area contributed by atoms with E-state index in [1.54, 1.807) is 6.08 Å². The second kappa shape index (κ2) is 9.72. The molecule has 4 heteroatoms. The fraction of sp³-hybridized carbons (Fsp3) is 0.429. The van der Waals surface area contributed by atoms with E-state index in [4.69, 9.17) is 0 Å². The van der Waals surface area contributed by atoms with E-state index in [1.807, 2.05) is 4.90 Å². The first kappa shape index (κ1) is 22.3. The lowest BCUT2D eigenvalue weighted by Crippen LogP contribution is -2.52. The van der Waals surface area contributed by atoms with Crippen molar-refractivity contribution in [3.05, 3.63) is 72.3 Å². The van der Waals surface area contributed by atoms with Crippen LogP contribution >= 0.6 is 0 Å². The van der Waals surface area contributed by atoms with Gasteiger partial charge in [-0.15, -0.1) is 6.58 Å². The third-order valence-electron chi connectivity index (χ3n) is 7.36. The summed E-state index contributed by atoms with van der Waals surface area (Å²) in [5.41, 5.74) is 4.30. The second-order valence-corrected chi connectivity index (χ2v) is 9.38. The zero-order valence-electron chi connectivity index (χ0n) is 19.1. The van der Waals surface area contributed by atoms with Gasteiger partial charge in [-0.25, -0.2) is 0 Å². The number of hydrogen-bond donors (Lipinski definition) is 1. The molecule has 0 bridgehead atoms. The molecule has 1 heterocycles. The highest BCUT2D eigenvalue weighted by Gasteiger charge is 2.43. The zero-order valence-corrected chi connectivity index (χ0v) is 19.1. The Morgan fingerprint density at radius 1 is 1.06 bits per heavy atom. The van der Waals surface area contributed by atoms with Crippen LogP contribution in [0.5, 0.6) is 0 Å². The van der Waals surface area contributed by atoms with Crippen LogP contribution in [0.4, 0.5) is 0 Å². The largest absolute Gasteiger partial charge is 0.352 e. The minimum atomic E-state index is -0.516. The lowest BCUT2D eigenvalue weighted by atomic mass is 9.71. The van der Waals surface area contributed by atoms with Gasteiger partial charge in [0.1, 0.15) is 0 Å². The average Bonchev–Trinajstić information content (AvgIpc) is 2.77. The molecule has 2 aromatic carbocycles. The summed E-state index contributed by atoms with van der Waals surface area (Å²) in [5.74, 6) is 0.572. The van der Waals surface area contributed by atoms with E-state index in [0.29, 0.717) is 38.9 Å². The van der Waals surface area contributed by atoms with Crippen LogP contribution < -0.4 is 5.32 Å². The Morgan fingerprint density at radius 2 is 1.72 bits per heavy atom. The molecule has 168 valence electrons. The number of amides is 2. The highest BCUT2D eigenvalue weighted by molar-refractivity contribution is 5.85. The Balaban J connectivity index is 1.60. The van der Waals surface area contributed by atoms with E-state index in [0.717, 1.165) is 19.3 Å². The molecule has 1 saturated carbocycles. The molecule has 0 unspecified atom stereocenters. The maximum atomic E-state index is 13.4. The first-order valence-electron chi connectivity index (χ1n) is 11.9. The number of rotatable bonds is 7.